The summed E-state index contributed by atoms with van der Waals surface area (Å²) in [5.41, 5.74) is 2.43. The van der Waals surface area contributed by atoms with E-state index in [1.807, 2.05) is 6.07 Å². The molecule has 0 fully saturated rings. The summed E-state index contributed by atoms with van der Waals surface area (Å²) in [6, 6.07) is 9.85. The number of hydrogen-bond acceptors (Lipinski definition) is 5. The molecule has 154 valence electrons. The van der Waals surface area contributed by atoms with Gasteiger partial charge in [0, 0.05) is 22.7 Å². The molecular formula is C24H26N4O2. The van der Waals surface area contributed by atoms with Gasteiger partial charge < -0.3 is 14.6 Å². The molecule has 0 bridgehead atoms. The van der Waals surface area contributed by atoms with Crippen molar-refractivity contribution in [3.05, 3.63) is 58.9 Å². The van der Waals surface area contributed by atoms with Gasteiger partial charge in [0.1, 0.15) is 5.75 Å². The molecular weight excluding hydrogens is 376 g/mol. The third-order valence-corrected chi connectivity index (χ3v) is 4.79. The molecule has 0 spiro atoms. The van der Waals surface area contributed by atoms with Crippen LogP contribution in [0.5, 0.6) is 5.75 Å². The average molecular weight is 408 g/mol. The van der Waals surface area contributed by atoms with Gasteiger partial charge in [-0.2, -0.15) is 4.98 Å². The summed E-state index contributed by atoms with van der Waals surface area (Å²) in [5.74, 6) is 0.684. The maximum Gasteiger partial charge on any atom is 0.256 e. The molecule has 2 aromatic carbocycles. The van der Waals surface area contributed by atoms with Crippen molar-refractivity contribution in [3.8, 4) is 28.6 Å². The third-order valence-electron chi connectivity index (χ3n) is 4.79. The SMILES string of the molecule is [2H]C([2H])(C)CN[C@H]1CC([2H])([2H])c2c(-c3noc(-c4ccc(OC([2H])(C)C)c([N+]#[C-])c4)n3)cccc21. The van der Waals surface area contributed by atoms with E-state index in [0.29, 0.717) is 16.7 Å². The zero-order valence-corrected chi connectivity index (χ0v) is 17.1. The van der Waals surface area contributed by atoms with E-state index in [2.05, 4.69) is 20.3 Å². The van der Waals surface area contributed by atoms with E-state index in [4.69, 9.17) is 22.7 Å². The van der Waals surface area contributed by atoms with Crippen LogP contribution in [-0.4, -0.2) is 22.8 Å². The number of ether oxygens (including phenoxy) is 1. The van der Waals surface area contributed by atoms with Gasteiger partial charge in [0.15, 0.2) is 0 Å². The van der Waals surface area contributed by atoms with Crippen LogP contribution in [0.1, 0.15) is 57.6 Å². The Labute approximate surface area is 184 Å². The lowest BCUT2D eigenvalue weighted by molar-refractivity contribution is 0.244. The van der Waals surface area contributed by atoms with E-state index >= 15 is 0 Å². The highest BCUT2D eigenvalue weighted by molar-refractivity contribution is 5.70. The van der Waals surface area contributed by atoms with Gasteiger partial charge in [-0.05, 0) is 68.9 Å². The highest BCUT2D eigenvalue weighted by Crippen LogP contribution is 2.38. The molecule has 1 aliphatic carbocycles. The Kier molecular flexibility index (Phi) is 4.27. The Hall–Kier alpha value is -3.17. The fraction of sp³-hybridized carbons (Fsp3) is 0.375. The standard InChI is InChI=1S/C24H26N4O2/c1-5-13-26-20-11-10-17-18(20)7-6-8-19(17)23-27-24(30-28-23)16-9-12-22(29-15(2)3)21(14-16)25-4/h6-9,12,14-15,20,26H,5,10-11,13H2,1-3H3/t20-/m0/s1/i5D2,10D2,15D. The number of nitrogens with zero attached hydrogens (tertiary/aromatic N) is 3. The molecule has 30 heavy (non-hydrogen) atoms. The molecule has 6 heteroatoms. The number of rotatable bonds is 7. The molecule has 0 aliphatic heterocycles. The molecule has 0 saturated carbocycles. The van der Waals surface area contributed by atoms with E-state index in [-0.39, 0.29) is 42.2 Å². The van der Waals surface area contributed by atoms with Gasteiger partial charge in [-0.15, -0.1) is 0 Å². The molecule has 6 nitrogen and oxygen atoms in total. The maximum absolute atomic E-state index is 8.63. The molecule has 1 atom stereocenters. The Morgan fingerprint density at radius 1 is 1.43 bits per heavy atom. The van der Waals surface area contributed by atoms with Crippen LogP contribution in [0.25, 0.3) is 27.7 Å². The van der Waals surface area contributed by atoms with Crippen LogP contribution in [0, 0.1) is 6.57 Å². The maximum atomic E-state index is 8.63. The Balaban J connectivity index is 1.68. The molecule has 1 N–H and O–H groups in total. The van der Waals surface area contributed by atoms with Crippen molar-refractivity contribution in [2.45, 2.75) is 52.1 Å². The summed E-state index contributed by atoms with van der Waals surface area (Å²) in [6.07, 6.45) is -4.11. The van der Waals surface area contributed by atoms with Crippen molar-refractivity contribution in [2.75, 3.05) is 6.54 Å². The summed E-state index contributed by atoms with van der Waals surface area (Å²) in [5, 5.41) is 7.23. The Morgan fingerprint density at radius 2 is 2.30 bits per heavy atom. The monoisotopic (exact) mass is 407 g/mol. The molecule has 1 heterocycles. The molecule has 0 unspecified atom stereocenters. The second-order valence-electron chi connectivity index (χ2n) is 7.17. The predicted molar refractivity (Wildman–Crippen MR) is 117 cm³/mol. The topological polar surface area (TPSA) is 64.5 Å². The second kappa shape index (κ2) is 8.68. The quantitative estimate of drug-likeness (QED) is 0.507. The Bertz CT molecular complexity index is 1290. The minimum Gasteiger partial charge on any atom is -0.502 e. The highest BCUT2D eigenvalue weighted by atomic mass is 16.5. The first-order valence-corrected chi connectivity index (χ1v) is 9.69. The number of hydrogen-bond donors (Lipinski definition) is 1. The lowest BCUT2D eigenvalue weighted by atomic mass is 10.0. The number of aromatic nitrogens is 2. The summed E-state index contributed by atoms with van der Waals surface area (Å²) in [7, 11) is 0. The smallest absolute Gasteiger partial charge is 0.256 e. The van der Waals surface area contributed by atoms with Gasteiger partial charge >= 0.3 is 0 Å². The van der Waals surface area contributed by atoms with Crippen LogP contribution in [0.2, 0.25) is 0 Å². The summed E-state index contributed by atoms with van der Waals surface area (Å²) in [4.78, 5) is 7.96. The average Bonchev–Trinajstić information content (AvgIpc) is 3.34. The molecule has 1 aromatic heterocycles. The van der Waals surface area contributed by atoms with E-state index in [0.717, 1.165) is 5.56 Å². The largest absolute Gasteiger partial charge is 0.502 e. The summed E-state index contributed by atoms with van der Waals surface area (Å²) in [6.45, 7) is 12.2. The van der Waals surface area contributed by atoms with E-state index in [1.165, 1.54) is 6.92 Å². The molecule has 0 radical (unpaired) electrons. The third kappa shape index (κ3) is 3.94. The van der Waals surface area contributed by atoms with Crippen LogP contribution in [0.4, 0.5) is 5.69 Å². The first-order chi connectivity index (χ1) is 16.3. The molecule has 3 aromatic rings. The van der Waals surface area contributed by atoms with E-state index in [1.54, 1.807) is 44.2 Å². The fourth-order valence-electron chi connectivity index (χ4n) is 3.46. The highest BCUT2D eigenvalue weighted by Gasteiger charge is 2.26. The van der Waals surface area contributed by atoms with Crippen molar-refractivity contribution in [3.63, 3.8) is 0 Å². The van der Waals surface area contributed by atoms with E-state index in [9.17, 15) is 0 Å². The number of fused-ring (bicyclic) bond motifs is 1. The van der Waals surface area contributed by atoms with Crippen LogP contribution in [0.15, 0.2) is 40.9 Å². The lowest BCUT2D eigenvalue weighted by Crippen LogP contribution is -2.19. The van der Waals surface area contributed by atoms with Gasteiger partial charge in [-0.1, -0.05) is 30.3 Å². The van der Waals surface area contributed by atoms with Crippen LogP contribution in [-0.2, 0) is 6.37 Å². The first kappa shape index (κ1) is 14.8. The van der Waals surface area contributed by atoms with Gasteiger partial charge in [-0.25, -0.2) is 4.85 Å². The van der Waals surface area contributed by atoms with Crippen molar-refractivity contribution >= 4 is 5.69 Å². The zero-order chi connectivity index (χ0) is 25.6. The summed E-state index contributed by atoms with van der Waals surface area (Å²) >= 11 is 0. The van der Waals surface area contributed by atoms with Crippen molar-refractivity contribution in [1.82, 2.24) is 15.5 Å². The number of nitrogens with one attached hydrogen (secondary N) is 1. The fourth-order valence-corrected chi connectivity index (χ4v) is 3.46. The predicted octanol–water partition coefficient (Wildman–Crippen LogP) is 5.73. The van der Waals surface area contributed by atoms with Gasteiger partial charge in [-0.3, -0.25) is 0 Å². The normalized spacial score (nSPS) is 20.2. The zero-order valence-electron chi connectivity index (χ0n) is 22.1. The van der Waals surface area contributed by atoms with Crippen molar-refractivity contribution in [1.29, 1.82) is 0 Å². The van der Waals surface area contributed by atoms with Gasteiger partial charge in [0.2, 0.25) is 11.5 Å². The Morgan fingerprint density at radius 3 is 3.07 bits per heavy atom. The van der Waals surface area contributed by atoms with Crippen LogP contribution >= 0.6 is 0 Å². The molecule has 0 amide bonds. The molecule has 4 rings (SSSR count). The van der Waals surface area contributed by atoms with Crippen molar-refractivity contribution < 1.29 is 16.1 Å². The van der Waals surface area contributed by atoms with Crippen molar-refractivity contribution in [2.24, 2.45) is 0 Å². The number of benzene rings is 2. The van der Waals surface area contributed by atoms with Crippen LogP contribution < -0.4 is 10.1 Å². The summed E-state index contributed by atoms with van der Waals surface area (Å²) < 4.78 is 51.7. The van der Waals surface area contributed by atoms with Crippen LogP contribution in [0.3, 0.4) is 0 Å². The lowest BCUT2D eigenvalue weighted by Gasteiger charge is -2.13. The van der Waals surface area contributed by atoms with Gasteiger partial charge in [0.05, 0.1) is 14.0 Å². The first-order valence-electron chi connectivity index (χ1n) is 12.2. The molecule has 1 aliphatic rings. The second-order valence-corrected chi connectivity index (χ2v) is 7.17. The van der Waals surface area contributed by atoms with Gasteiger partial charge in [0.25, 0.3) is 5.89 Å². The minimum absolute atomic E-state index is 0.101. The molecule has 0 saturated heterocycles. The van der Waals surface area contributed by atoms with E-state index < -0.39 is 18.8 Å². The minimum atomic E-state index is -1.66.